The summed E-state index contributed by atoms with van der Waals surface area (Å²) >= 11 is 13.1. The second-order valence-corrected chi connectivity index (χ2v) is 29.0. The molecule has 0 atom stereocenters. The van der Waals surface area contributed by atoms with Gasteiger partial charge in [0.1, 0.15) is 5.63 Å². The zero-order valence-electron chi connectivity index (χ0n) is 47.6. The van der Waals surface area contributed by atoms with Gasteiger partial charge in [0.25, 0.3) is 0 Å². The average molecular weight is 2260 g/mol. The summed E-state index contributed by atoms with van der Waals surface area (Å²) in [5, 5.41) is 8.79. The van der Waals surface area contributed by atoms with Crippen molar-refractivity contribution >= 4 is 133 Å². The Kier molecular flexibility index (Phi) is 34.9. The first-order valence-electron chi connectivity index (χ1n) is 26.5. The minimum Gasteiger partial charge on any atom is -0.414 e. The molecule has 5 aromatic heterocycles. The molecule has 3 radical (unpaired) electrons. The maximum Gasteiger partial charge on any atom is 0.164 e. The van der Waals surface area contributed by atoms with Gasteiger partial charge in [-0.3, -0.25) is 4.93 Å². The molecule has 5 heterocycles. The van der Waals surface area contributed by atoms with Crippen LogP contribution in [0.1, 0.15) is 5.56 Å². The van der Waals surface area contributed by atoms with E-state index < -0.39 is 0 Å². The maximum atomic E-state index is 5.65. The maximum absolute atomic E-state index is 5.65. The number of aromatic nitrogens is 11. The van der Waals surface area contributed by atoms with E-state index >= 15 is 0 Å². The predicted octanol–water partition coefficient (Wildman–Crippen LogP) is 19.5. The van der Waals surface area contributed by atoms with Gasteiger partial charge in [-0.25, -0.2) is 34.6 Å². The molecule has 0 amide bonds. The van der Waals surface area contributed by atoms with Crippen molar-refractivity contribution in [3.8, 4) is 120 Å². The van der Waals surface area contributed by atoms with Gasteiger partial charge < -0.3 is 38.3 Å². The first-order chi connectivity index (χ1) is 43.2. The summed E-state index contributed by atoms with van der Waals surface area (Å²) in [5.74, 6) is 6.42. The normalized spacial score (nSPS) is 9.79. The molecule has 0 saturated heterocycles. The van der Waals surface area contributed by atoms with E-state index in [1.54, 1.807) is 23.1 Å². The van der Waals surface area contributed by atoms with Crippen molar-refractivity contribution in [1.29, 1.82) is 0 Å². The number of nitrogens with two attached hydrogens (primary N) is 1. The molecule has 0 aliphatic rings. The van der Waals surface area contributed by atoms with E-state index in [1.165, 1.54) is 0 Å². The Balaban J connectivity index is 0.000000257. The van der Waals surface area contributed by atoms with Crippen LogP contribution in [0.2, 0.25) is 0 Å². The zero-order chi connectivity index (χ0) is 61.9. The third kappa shape index (κ3) is 23.4. The van der Waals surface area contributed by atoms with Gasteiger partial charge >= 0.3 is 0 Å². The Morgan fingerprint density at radius 2 is 0.758 bits per heavy atom. The molecular weight excluding hydrogens is 2210 g/mol. The van der Waals surface area contributed by atoms with Crippen LogP contribution < -0.4 is 5.73 Å². The third-order valence-electron chi connectivity index (χ3n) is 12.4. The standard InChI is InChI=1S/C34H22N7.C23H15N3.C11H9N2.CHI3.CH2I.I2.2Ir.V/c1-3-10-25(11-4-1)32-36-33(26-12-5-2-6-13-26)38-34(37-32)27-19-17-24(18-20-27)31-23-41(40-39-31)29-15-9-14-28(22-29)30-16-7-8-21-35-30;1-2-17-13-15-20(16-14-17)23-25-21(18-9-5-3-6-10-18)24-22(26-23)19-11-7-4-8-12-19;12-10-5-3-4-9(8-10)11-6-1-2-7-13-11;2-1(3)4;2*1-2;;;/h1-13,15-23H;1,3-16H;1-3,5-8H,12H2;1H;1H2;;;;/q-1;;-1;;-1;;;;. The first-order valence-corrected chi connectivity index (χ1v) is 38.1. The molecule has 457 valence electrons. The van der Waals surface area contributed by atoms with Gasteiger partial charge in [-0.2, -0.15) is 0 Å². The topological polar surface area (TPSA) is 160 Å². The molecule has 8 aromatic carbocycles. The van der Waals surface area contributed by atoms with Crippen molar-refractivity contribution in [2.24, 2.45) is 0 Å². The molecule has 21 heteroatoms. The number of hydrogen-bond acceptors (Lipinski definition) is 11. The molecule has 91 heavy (non-hydrogen) atoms. The minimum absolute atomic E-state index is 0. The molecule has 2 N–H and O–H groups in total. The summed E-state index contributed by atoms with van der Waals surface area (Å²) in [7, 11) is 0. The number of anilines is 1. The molecule has 13 rings (SSSR count). The van der Waals surface area contributed by atoms with E-state index in [-0.39, 0.29) is 58.8 Å². The van der Waals surface area contributed by atoms with Crippen molar-refractivity contribution in [3.05, 3.63) is 284 Å². The fourth-order valence-corrected chi connectivity index (χ4v) is 8.32. The van der Waals surface area contributed by atoms with Crippen LogP contribution in [0, 0.1) is 29.4 Å². The van der Waals surface area contributed by atoms with Crippen LogP contribution in [0.25, 0.3) is 108 Å². The van der Waals surface area contributed by atoms with E-state index in [9.17, 15) is 0 Å². The predicted molar refractivity (Wildman–Crippen MR) is 409 cm³/mol. The summed E-state index contributed by atoms with van der Waals surface area (Å²) in [6, 6.07) is 84.6. The fourth-order valence-electron chi connectivity index (χ4n) is 8.32. The Morgan fingerprint density at radius 3 is 1.11 bits per heavy atom. The van der Waals surface area contributed by atoms with E-state index in [0.717, 1.165) is 84.0 Å². The van der Waals surface area contributed by atoms with Gasteiger partial charge in [0.15, 0.2) is 34.9 Å². The molecule has 0 saturated carbocycles. The fraction of sp³-hybridized carbons (Fsp3) is 0.0143. The second-order valence-electron chi connectivity index (χ2n) is 18.1. The van der Waals surface area contributed by atoms with Crippen LogP contribution in [0.5, 0.6) is 0 Å². The molecule has 12 nitrogen and oxygen atoms in total. The van der Waals surface area contributed by atoms with Gasteiger partial charge in [-0.05, 0) is 53.5 Å². The van der Waals surface area contributed by atoms with E-state index in [4.69, 9.17) is 27.1 Å². The van der Waals surface area contributed by atoms with Gasteiger partial charge in [0.2, 0.25) is 0 Å². The number of pyridine rings is 2. The Hall–Kier alpha value is -5.16. The summed E-state index contributed by atoms with van der Waals surface area (Å²) in [6.07, 6.45) is 10.9. The first kappa shape index (κ1) is 76.6. The summed E-state index contributed by atoms with van der Waals surface area (Å²) < 4.78 is 2.50. The molecule has 13 aromatic rings. The second kappa shape index (κ2) is 41.5. The monoisotopic (exact) mass is 2260 g/mol. The Labute approximate surface area is 647 Å². The summed E-state index contributed by atoms with van der Waals surface area (Å²) in [6.45, 7) is 0. The number of terminal acetylenes is 1. The number of rotatable bonds is 10. The van der Waals surface area contributed by atoms with Crippen LogP contribution in [0.15, 0.2) is 261 Å². The number of alkyl halides is 3. The number of benzene rings is 8. The van der Waals surface area contributed by atoms with Crippen molar-refractivity contribution in [2.75, 3.05) is 5.73 Å². The van der Waals surface area contributed by atoms with E-state index in [2.05, 4.69) is 163 Å². The van der Waals surface area contributed by atoms with Crippen LogP contribution in [-0.2, 0) is 58.8 Å². The number of hydrogen-bond donors (Lipinski definition) is 1. The van der Waals surface area contributed by atoms with E-state index in [1.807, 2.05) is 265 Å². The average Bonchev–Trinajstić information content (AvgIpc) is 2.54. The third-order valence-corrected chi connectivity index (χ3v) is 12.4. The number of nitrogen functional groups attached to an aromatic ring is 1. The number of halogens is 6. The minimum atomic E-state index is 0. The molecule has 0 unspecified atom stereocenters. The molecular formula is C70H49I6Ir2N12V-3. The molecule has 0 fully saturated rings. The van der Waals surface area contributed by atoms with Crippen LogP contribution >= 0.6 is 128 Å². The Morgan fingerprint density at radius 1 is 0.429 bits per heavy atom. The van der Waals surface area contributed by atoms with Crippen molar-refractivity contribution in [1.82, 2.24) is 54.9 Å². The van der Waals surface area contributed by atoms with Crippen molar-refractivity contribution < 1.29 is 58.8 Å². The van der Waals surface area contributed by atoms with Crippen LogP contribution in [0.3, 0.4) is 0 Å². The zero-order valence-corrected chi connectivity index (χ0v) is 66.7. The largest absolute Gasteiger partial charge is 0.414 e. The molecule has 0 aliphatic heterocycles. The summed E-state index contributed by atoms with van der Waals surface area (Å²) in [5.41, 5.74) is 18.9. The molecule has 0 spiro atoms. The van der Waals surface area contributed by atoms with E-state index in [0.29, 0.717) is 34.9 Å². The van der Waals surface area contributed by atoms with Crippen LogP contribution in [0.4, 0.5) is 5.69 Å². The van der Waals surface area contributed by atoms with Gasteiger partial charge in [-0.1, -0.05) is 254 Å². The van der Waals surface area contributed by atoms with Gasteiger partial charge in [0, 0.05) is 153 Å². The Bertz CT molecular complexity index is 4150. The van der Waals surface area contributed by atoms with Crippen LogP contribution in [-0.4, -0.2) is 54.8 Å². The van der Waals surface area contributed by atoms with Crippen molar-refractivity contribution in [2.45, 2.75) is -0.0619 Å². The SMILES string of the molecule is C#Cc1ccc(-c2nc(-c3ccccc3)nc(-c3ccccc3)n2)cc1.IC(I)I.II.Nc1cc[c-]c(-c2ccccn2)c1.[CH2-]I.[Ir].[Ir].[V].[c-]1ccc(-n2cc(-c3ccc(-c4nc(-c5ccccc5)nc(-c5ccccc5)n4)cc3)nn2)cc1-c1ccccn1. The van der Waals surface area contributed by atoms with Gasteiger partial charge in [0.05, 0.1) is 6.20 Å². The summed E-state index contributed by atoms with van der Waals surface area (Å²) in [4.78, 5) is 40.3. The number of nitrogens with zero attached hydrogens (tertiary/aromatic N) is 11. The van der Waals surface area contributed by atoms with Gasteiger partial charge in [-0.15, -0.1) is 71.2 Å². The van der Waals surface area contributed by atoms with Crippen molar-refractivity contribution in [3.63, 3.8) is 0 Å². The molecule has 0 aliphatic carbocycles. The molecule has 0 bridgehead atoms. The smallest absolute Gasteiger partial charge is 0.164 e. The quantitative estimate of drug-likeness (QED) is 0.0456.